The predicted octanol–water partition coefficient (Wildman–Crippen LogP) is -1.27. The lowest BCUT2D eigenvalue weighted by atomic mass is 10.1. The van der Waals surface area contributed by atoms with Crippen molar-refractivity contribution >= 4 is 60.0 Å². The van der Waals surface area contributed by atoms with Crippen molar-refractivity contribution < 1.29 is 62.4 Å². The van der Waals surface area contributed by atoms with Crippen LogP contribution < -0.4 is 11.1 Å². The standard InChI is InChI=1S/C26H37N3O13S/c27-19(26(37)38)3-4-23(34)28-20(21(33)6-9-41-16-30)15-43-22-14-24(35)29(25(22)36)7-5-18(32)2-1-8-39-10-11-40-12-13-42-17-31/h14,16-17,19-20H,1-13,15,27H2,(H,28,34)(H,37,38). The van der Waals surface area contributed by atoms with Gasteiger partial charge in [-0.05, 0) is 12.8 Å². The molecule has 0 aromatic heterocycles. The Labute approximate surface area is 251 Å². The summed E-state index contributed by atoms with van der Waals surface area (Å²) >= 11 is 0.860. The summed E-state index contributed by atoms with van der Waals surface area (Å²) in [7, 11) is 0. The number of Topliss-reactive ketones (excluding diaryl/α,β-unsaturated/α-hetero) is 2. The fourth-order valence-corrected chi connectivity index (χ4v) is 4.49. The van der Waals surface area contributed by atoms with Gasteiger partial charge >= 0.3 is 5.97 Å². The third kappa shape index (κ3) is 15.9. The Morgan fingerprint density at radius 1 is 0.930 bits per heavy atom. The summed E-state index contributed by atoms with van der Waals surface area (Å²) in [6.07, 6.45) is 1.00. The second kappa shape index (κ2) is 21.9. The van der Waals surface area contributed by atoms with Gasteiger partial charge in [0.1, 0.15) is 18.4 Å². The fraction of sp³-hybridized carbons (Fsp3) is 0.615. The van der Waals surface area contributed by atoms with E-state index in [0.29, 0.717) is 32.7 Å². The van der Waals surface area contributed by atoms with E-state index in [1.54, 1.807) is 0 Å². The summed E-state index contributed by atoms with van der Waals surface area (Å²) in [5, 5.41) is 11.3. The molecule has 0 aromatic carbocycles. The van der Waals surface area contributed by atoms with Crippen molar-refractivity contribution in [1.29, 1.82) is 0 Å². The molecule has 0 spiro atoms. The van der Waals surface area contributed by atoms with Crippen LogP contribution in [0.15, 0.2) is 11.0 Å². The van der Waals surface area contributed by atoms with Gasteiger partial charge in [-0.2, -0.15) is 0 Å². The topological polar surface area (TPSA) is 235 Å². The van der Waals surface area contributed by atoms with Gasteiger partial charge in [0.05, 0.1) is 37.4 Å². The number of carboxylic acids is 1. The molecule has 16 nitrogen and oxygen atoms in total. The van der Waals surface area contributed by atoms with Gasteiger partial charge in [-0.3, -0.25) is 43.3 Å². The number of thioether (sulfide) groups is 1. The smallest absolute Gasteiger partial charge is 0.320 e. The molecule has 0 aliphatic carbocycles. The van der Waals surface area contributed by atoms with Crippen LogP contribution >= 0.6 is 11.8 Å². The molecular weight excluding hydrogens is 594 g/mol. The number of ether oxygens (including phenoxy) is 4. The predicted molar refractivity (Wildman–Crippen MR) is 148 cm³/mol. The molecule has 0 saturated carbocycles. The van der Waals surface area contributed by atoms with Crippen molar-refractivity contribution in [2.24, 2.45) is 5.73 Å². The number of amides is 3. The zero-order valence-corrected chi connectivity index (χ0v) is 24.4. The molecule has 4 N–H and O–H groups in total. The average molecular weight is 632 g/mol. The summed E-state index contributed by atoms with van der Waals surface area (Å²) < 4.78 is 19.5. The summed E-state index contributed by atoms with van der Waals surface area (Å²) in [6.45, 7) is 1.47. The molecule has 0 aromatic rings. The zero-order valence-electron chi connectivity index (χ0n) is 23.6. The molecule has 43 heavy (non-hydrogen) atoms. The molecular formula is C26H37N3O13S. The molecule has 0 fully saturated rings. The Kier molecular flexibility index (Phi) is 19.1. The molecule has 1 aliphatic heterocycles. The minimum Gasteiger partial charge on any atom is -0.480 e. The van der Waals surface area contributed by atoms with Crippen molar-refractivity contribution in [3.63, 3.8) is 0 Å². The molecule has 240 valence electrons. The van der Waals surface area contributed by atoms with Crippen LogP contribution in [-0.4, -0.2) is 122 Å². The van der Waals surface area contributed by atoms with Crippen molar-refractivity contribution in [2.75, 3.05) is 51.9 Å². The zero-order chi connectivity index (χ0) is 32.0. The highest BCUT2D eigenvalue weighted by Crippen LogP contribution is 2.25. The van der Waals surface area contributed by atoms with Gasteiger partial charge in [0.15, 0.2) is 5.78 Å². The number of carbonyl (C=O) groups is 8. The molecule has 1 aliphatic rings. The molecule has 3 amide bonds. The molecule has 17 heteroatoms. The monoisotopic (exact) mass is 631 g/mol. The first-order valence-corrected chi connectivity index (χ1v) is 14.4. The Balaban J connectivity index is 2.48. The number of hydrogen-bond donors (Lipinski definition) is 3. The first kappa shape index (κ1) is 37.4. The molecule has 0 saturated heterocycles. The van der Waals surface area contributed by atoms with E-state index >= 15 is 0 Å². The molecule has 1 heterocycles. The van der Waals surface area contributed by atoms with Crippen molar-refractivity contribution in [3.05, 3.63) is 11.0 Å². The number of nitrogens with zero attached hydrogens (tertiary/aromatic N) is 1. The normalized spacial score (nSPS) is 14.1. The summed E-state index contributed by atoms with van der Waals surface area (Å²) in [4.78, 5) is 94.5. The van der Waals surface area contributed by atoms with Gasteiger partial charge < -0.3 is 35.1 Å². The minimum absolute atomic E-state index is 0.0230. The highest BCUT2D eigenvalue weighted by atomic mass is 32.2. The van der Waals surface area contributed by atoms with Gasteiger partial charge in [-0.15, -0.1) is 11.8 Å². The van der Waals surface area contributed by atoms with Crippen LogP contribution in [0.2, 0.25) is 0 Å². The second-order valence-electron chi connectivity index (χ2n) is 8.99. The van der Waals surface area contributed by atoms with Crippen LogP contribution in [0.5, 0.6) is 0 Å². The fourth-order valence-electron chi connectivity index (χ4n) is 3.46. The number of aliphatic carboxylic acids is 1. The first-order valence-electron chi connectivity index (χ1n) is 13.4. The number of rotatable bonds is 27. The lowest BCUT2D eigenvalue weighted by molar-refractivity contribution is -0.139. The summed E-state index contributed by atoms with van der Waals surface area (Å²) in [6, 6.07) is -2.39. The molecule has 0 radical (unpaired) electrons. The van der Waals surface area contributed by atoms with E-state index in [-0.39, 0.29) is 81.4 Å². The first-order chi connectivity index (χ1) is 20.6. The number of carboxylic acid groups (broad SMARTS) is 1. The Morgan fingerprint density at radius 3 is 2.26 bits per heavy atom. The number of imide groups is 1. The van der Waals surface area contributed by atoms with E-state index in [4.69, 9.17) is 20.3 Å². The lowest BCUT2D eigenvalue weighted by Gasteiger charge is -2.18. The number of ketones is 2. The van der Waals surface area contributed by atoms with Crippen LogP contribution in [0.25, 0.3) is 0 Å². The summed E-state index contributed by atoms with van der Waals surface area (Å²) in [5.74, 6) is -3.99. The van der Waals surface area contributed by atoms with Gasteiger partial charge in [0.25, 0.3) is 24.8 Å². The van der Waals surface area contributed by atoms with Gasteiger partial charge in [-0.1, -0.05) is 0 Å². The number of carbonyl (C=O) groups excluding carboxylic acids is 7. The number of hydrogen-bond acceptors (Lipinski definition) is 14. The molecule has 2 unspecified atom stereocenters. The average Bonchev–Trinajstić information content (AvgIpc) is 3.25. The van der Waals surface area contributed by atoms with Crippen molar-refractivity contribution in [1.82, 2.24) is 10.2 Å². The molecule has 0 bridgehead atoms. The highest BCUT2D eigenvalue weighted by Gasteiger charge is 2.32. The van der Waals surface area contributed by atoms with E-state index in [1.165, 1.54) is 0 Å². The van der Waals surface area contributed by atoms with Crippen molar-refractivity contribution in [2.45, 2.75) is 50.6 Å². The Hall–Kier alpha value is -3.67. The van der Waals surface area contributed by atoms with Crippen LogP contribution in [0.4, 0.5) is 0 Å². The maximum atomic E-state index is 12.8. The Morgan fingerprint density at radius 2 is 1.58 bits per heavy atom. The van der Waals surface area contributed by atoms with E-state index in [0.717, 1.165) is 22.7 Å². The third-order valence-electron chi connectivity index (χ3n) is 5.78. The quantitative estimate of drug-likeness (QED) is 0.0544. The van der Waals surface area contributed by atoms with Crippen LogP contribution in [0, 0.1) is 0 Å². The maximum absolute atomic E-state index is 12.8. The SMILES string of the molecule is NC(CCC(=O)NC(CSC1=CC(=O)N(CCC(=O)CCCOCCOCCOC=O)C1=O)C(=O)CCOC=O)C(=O)O. The molecule has 2 atom stereocenters. The lowest BCUT2D eigenvalue weighted by Crippen LogP contribution is -2.44. The number of nitrogens with two attached hydrogens (primary N) is 1. The van der Waals surface area contributed by atoms with Crippen LogP contribution in [-0.2, 0) is 57.3 Å². The van der Waals surface area contributed by atoms with Crippen molar-refractivity contribution in [3.8, 4) is 0 Å². The molecule has 1 rings (SSSR count). The summed E-state index contributed by atoms with van der Waals surface area (Å²) in [5.41, 5.74) is 5.40. The maximum Gasteiger partial charge on any atom is 0.320 e. The van der Waals surface area contributed by atoms with Gasteiger partial charge in [-0.25, -0.2) is 0 Å². The van der Waals surface area contributed by atoms with Crippen LogP contribution in [0.3, 0.4) is 0 Å². The Bertz CT molecular complexity index is 1020. The third-order valence-corrected chi connectivity index (χ3v) is 6.89. The van der Waals surface area contributed by atoms with E-state index in [2.05, 4.69) is 14.8 Å². The van der Waals surface area contributed by atoms with E-state index in [1.807, 2.05) is 0 Å². The largest absolute Gasteiger partial charge is 0.480 e. The van der Waals surface area contributed by atoms with Gasteiger partial charge in [0, 0.05) is 50.7 Å². The second-order valence-corrected chi connectivity index (χ2v) is 10.0. The van der Waals surface area contributed by atoms with Crippen LogP contribution in [0.1, 0.15) is 38.5 Å². The number of nitrogens with one attached hydrogen (secondary N) is 1. The van der Waals surface area contributed by atoms with Gasteiger partial charge in [0.2, 0.25) is 5.91 Å². The van der Waals surface area contributed by atoms with E-state index < -0.39 is 41.6 Å². The minimum atomic E-state index is -1.28. The van der Waals surface area contributed by atoms with E-state index in [9.17, 15) is 38.4 Å². The highest BCUT2D eigenvalue weighted by molar-refractivity contribution is 8.04.